The summed E-state index contributed by atoms with van der Waals surface area (Å²) in [7, 11) is 1.35. The molecule has 0 saturated carbocycles. The van der Waals surface area contributed by atoms with Gasteiger partial charge in [0.25, 0.3) is 0 Å². The number of para-hydroxylation sites is 1. The Labute approximate surface area is 85.9 Å². The van der Waals surface area contributed by atoms with E-state index in [-0.39, 0.29) is 6.61 Å². The minimum Gasteiger partial charge on any atom is -0.392 e. The molecule has 1 rings (SSSR count). The van der Waals surface area contributed by atoms with Crippen LogP contribution < -0.4 is 4.90 Å². The number of aliphatic hydroxyl groups excluding tert-OH is 1. The molecule has 5 heteroatoms. The van der Waals surface area contributed by atoms with Crippen LogP contribution in [0.4, 0.5) is 18.9 Å². The highest BCUT2D eigenvalue weighted by molar-refractivity contribution is 5.52. The van der Waals surface area contributed by atoms with Crippen LogP contribution in [0.25, 0.3) is 0 Å². The van der Waals surface area contributed by atoms with Crippen molar-refractivity contribution in [3.63, 3.8) is 0 Å². The van der Waals surface area contributed by atoms with Crippen molar-refractivity contribution < 1.29 is 18.3 Å². The van der Waals surface area contributed by atoms with Gasteiger partial charge in [-0.25, -0.2) is 0 Å². The van der Waals surface area contributed by atoms with Gasteiger partial charge in [0, 0.05) is 18.3 Å². The largest absolute Gasteiger partial charge is 0.405 e. The number of hydrogen-bond donors (Lipinski definition) is 1. The van der Waals surface area contributed by atoms with Gasteiger partial charge in [-0.15, -0.1) is 0 Å². The third kappa shape index (κ3) is 3.43. The van der Waals surface area contributed by atoms with Crippen LogP contribution in [0.5, 0.6) is 0 Å². The lowest BCUT2D eigenvalue weighted by Gasteiger charge is -2.23. The molecule has 0 aliphatic heterocycles. The van der Waals surface area contributed by atoms with Crippen LogP contribution in [0, 0.1) is 0 Å². The minimum atomic E-state index is -4.24. The average Bonchev–Trinajstić information content (AvgIpc) is 2.15. The van der Waals surface area contributed by atoms with Crippen molar-refractivity contribution in [1.82, 2.24) is 0 Å². The molecule has 0 saturated heterocycles. The number of nitrogens with zero attached hydrogens (tertiary/aromatic N) is 1. The fourth-order valence-electron chi connectivity index (χ4n) is 1.37. The van der Waals surface area contributed by atoms with Crippen molar-refractivity contribution in [2.75, 3.05) is 18.5 Å². The van der Waals surface area contributed by atoms with Gasteiger partial charge in [0.2, 0.25) is 0 Å². The molecule has 1 aromatic rings. The van der Waals surface area contributed by atoms with Crippen molar-refractivity contribution in [1.29, 1.82) is 0 Å². The normalized spacial score (nSPS) is 11.5. The number of hydrogen-bond acceptors (Lipinski definition) is 2. The molecule has 0 radical (unpaired) electrons. The third-order valence-electron chi connectivity index (χ3n) is 1.99. The van der Waals surface area contributed by atoms with Crippen LogP contribution in [0.1, 0.15) is 5.56 Å². The molecular weight excluding hydrogens is 207 g/mol. The number of halogens is 3. The maximum atomic E-state index is 12.1. The maximum absolute atomic E-state index is 12.1. The van der Waals surface area contributed by atoms with E-state index in [1.807, 2.05) is 0 Å². The molecule has 84 valence electrons. The summed E-state index contributed by atoms with van der Waals surface area (Å²) in [5.41, 5.74) is 0.890. The summed E-state index contributed by atoms with van der Waals surface area (Å²) in [6.07, 6.45) is -4.24. The average molecular weight is 219 g/mol. The Bertz CT molecular complexity index is 325. The number of benzene rings is 1. The van der Waals surface area contributed by atoms with E-state index >= 15 is 0 Å². The lowest BCUT2D eigenvalue weighted by Crippen LogP contribution is -2.31. The Morgan fingerprint density at radius 3 is 2.40 bits per heavy atom. The lowest BCUT2D eigenvalue weighted by atomic mass is 10.2. The highest BCUT2D eigenvalue weighted by Crippen LogP contribution is 2.23. The van der Waals surface area contributed by atoms with E-state index in [4.69, 9.17) is 5.11 Å². The molecule has 0 spiro atoms. The van der Waals surface area contributed by atoms with Gasteiger partial charge in [0.1, 0.15) is 6.54 Å². The van der Waals surface area contributed by atoms with Gasteiger partial charge in [-0.2, -0.15) is 13.2 Å². The number of anilines is 1. The molecule has 0 amide bonds. The van der Waals surface area contributed by atoms with Crippen LogP contribution in [0.2, 0.25) is 0 Å². The Balaban J connectivity index is 2.86. The lowest BCUT2D eigenvalue weighted by molar-refractivity contribution is -0.119. The molecule has 0 aliphatic carbocycles. The van der Waals surface area contributed by atoms with Crippen molar-refractivity contribution >= 4 is 5.69 Å². The van der Waals surface area contributed by atoms with Crippen molar-refractivity contribution in [3.8, 4) is 0 Å². The van der Waals surface area contributed by atoms with E-state index in [0.29, 0.717) is 11.3 Å². The first-order valence-corrected chi connectivity index (χ1v) is 4.40. The van der Waals surface area contributed by atoms with Crippen molar-refractivity contribution in [2.45, 2.75) is 12.8 Å². The quantitative estimate of drug-likeness (QED) is 0.842. The number of alkyl halides is 3. The topological polar surface area (TPSA) is 23.5 Å². The summed E-state index contributed by atoms with van der Waals surface area (Å²) in [5.74, 6) is 0. The minimum absolute atomic E-state index is 0.266. The molecule has 0 aromatic heterocycles. The second-order valence-corrected chi connectivity index (χ2v) is 3.26. The van der Waals surface area contributed by atoms with E-state index in [0.717, 1.165) is 4.90 Å². The van der Waals surface area contributed by atoms with Gasteiger partial charge < -0.3 is 10.0 Å². The van der Waals surface area contributed by atoms with Crippen LogP contribution in [-0.4, -0.2) is 24.9 Å². The van der Waals surface area contributed by atoms with E-state index in [2.05, 4.69) is 0 Å². The van der Waals surface area contributed by atoms with E-state index in [9.17, 15) is 13.2 Å². The Kier molecular flexibility index (Phi) is 3.57. The maximum Gasteiger partial charge on any atom is 0.405 e. The molecule has 1 N–H and O–H groups in total. The van der Waals surface area contributed by atoms with Crippen LogP contribution in [0.15, 0.2) is 24.3 Å². The second kappa shape index (κ2) is 4.53. The van der Waals surface area contributed by atoms with Gasteiger partial charge in [-0.1, -0.05) is 18.2 Å². The predicted octanol–water partition coefficient (Wildman–Crippen LogP) is 2.18. The molecule has 15 heavy (non-hydrogen) atoms. The summed E-state index contributed by atoms with van der Waals surface area (Å²) in [5, 5.41) is 8.96. The van der Waals surface area contributed by atoms with Crippen LogP contribution >= 0.6 is 0 Å². The Morgan fingerprint density at radius 1 is 1.27 bits per heavy atom. The molecular formula is C10H12F3NO. The van der Waals surface area contributed by atoms with E-state index in [1.165, 1.54) is 7.05 Å². The van der Waals surface area contributed by atoms with Crippen molar-refractivity contribution in [3.05, 3.63) is 29.8 Å². The van der Waals surface area contributed by atoms with E-state index in [1.54, 1.807) is 24.3 Å². The smallest absolute Gasteiger partial charge is 0.392 e. The number of rotatable bonds is 3. The fourth-order valence-corrected chi connectivity index (χ4v) is 1.37. The fraction of sp³-hybridized carbons (Fsp3) is 0.400. The first kappa shape index (κ1) is 11.8. The summed E-state index contributed by atoms with van der Waals surface area (Å²) in [6, 6.07) is 6.47. The zero-order chi connectivity index (χ0) is 11.5. The summed E-state index contributed by atoms with van der Waals surface area (Å²) in [6.45, 7) is -1.29. The first-order valence-electron chi connectivity index (χ1n) is 4.40. The van der Waals surface area contributed by atoms with E-state index < -0.39 is 12.7 Å². The highest BCUT2D eigenvalue weighted by Gasteiger charge is 2.29. The molecule has 0 atom stereocenters. The Hall–Kier alpha value is -1.23. The summed E-state index contributed by atoms with van der Waals surface area (Å²) < 4.78 is 36.4. The van der Waals surface area contributed by atoms with Gasteiger partial charge >= 0.3 is 6.18 Å². The van der Waals surface area contributed by atoms with Gasteiger partial charge in [0.15, 0.2) is 0 Å². The van der Waals surface area contributed by atoms with Gasteiger partial charge in [0.05, 0.1) is 6.61 Å². The second-order valence-electron chi connectivity index (χ2n) is 3.26. The predicted molar refractivity (Wildman–Crippen MR) is 51.7 cm³/mol. The number of aliphatic hydroxyl groups is 1. The van der Waals surface area contributed by atoms with Crippen LogP contribution in [0.3, 0.4) is 0 Å². The van der Waals surface area contributed by atoms with Crippen LogP contribution in [-0.2, 0) is 6.61 Å². The van der Waals surface area contributed by atoms with Gasteiger partial charge in [-0.05, 0) is 6.07 Å². The standard InChI is InChI=1S/C10H12F3NO/c1-14(7-10(11,12)13)9-5-3-2-4-8(9)6-15/h2-5,15H,6-7H2,1H3. The first-order chi connectivity index (χ1) is 6.94. The van der Waals surface area contributed by atoms with Crippen molar-refractivity contribution in [2.24, 2.45) is 0 Å². The molecule has 0 bridgehead atoms. The molecule has 0 fully saturated rings. The molecule has 0 unspecified atom stereocenters. The monoisotopic (exact) mass is 219 g/mol. The Morgan fingerprint density at radius 2 is 1.87 bits per heavy atom. The summed E-state index contributed by atoms with van der Waals surface area (Å²) >= 11 is 0. The summed E-state index contributed by atoms with van der Waals surface area (Å²) in [4.78, 5) is 1.07. The zero-order valence-corrected chi connectivity index (χ0v) is 8.25. The molecule has 0 heterocycles. The highest BCUT2D eigenvalue weighted by atomic mass is 19.4. The SMILES string of the molecule is CN(CC(F)(F)F)c1ccccc1CO. The molecule has 2 nitrogen and oxygen atoms in total. The third-order valence-corrected chi connectivity index (χ3v) is 1.99. The van der Waals surface area contributed by atoms with Gasteiger partial charge in [-0.3, -0.25) is 0 Å². The molecule has 0 aliphatic rings. The molecule has 1 aromatic carbocycles. The zero-order valence-electron chi connectivity index (χ0n) is 8.25.